The molecule has 0 aliphatic carbocycles. The number of hydrogen-bond donors (Lipinski definition) is 3. The zero-order chi connectivity index (χ0) is 16.2. The lowest BCUT2D eigenvalue weighted by Gasteiger charge is -2.20. The number of carbonyl (C=O) groups is 1. The second kappa shape index (κ2) is 6.71. The molecule has 0 fully saturated rings. The summed E-state index contributed by atoms with van der Waals surface area (Å²) in [6.07, 6.45) is -3.45. The molecule has 1 unspecified atom stereocenters. The molecule has 21 heavy (non-hydrogen) atoms. The molecule has 1 aromatic carbocycles. The summed E-state index contributed by atoms with van der Waals surface area (Å²) in [5, 5.41) is 12.0. The average Bonchev–Trinajstić information content (AvgIpc) is 2.30. The molecular weight excluding hydrogens is 282 g/mol. The summed E-state index contributed by atoms with van der Waals surface area (Å²) in [4.78, 5) is 11.6. The molecule has 1 atom stereocenters. The van der Waals surface area contributed by atoms with Gasteiger partial charge in [-0.3, -0.25) is 5.32 Å². The fraction of sp³-hybridized carbons (Fsp3) is 0.500. The van der Waals surface area contributed by atoms with E-state index in [9.17, 15) is 18.7 Å². The summed E-state index contributed by atoms with van der Waals surface area (Å²) in [5.41, 5.74) is 5.18. The van der Waals surface area contributed by atoms with E-state index in [1.54, 1.807) is 20.8 Å². The predicted octanol–water partition coefficient (Wildman–Crippen LogP) is 2.87. The summed E-state index contributed by atoms with van der Waals surface area (Å²) < 4.78 is 29.9. The molecule has 1 amide bonds. The molecule has 0 radical (unpaired) electrons. The molecule has 0 bridgehead atoms. The minimum atomic E-state index is -2.64. The molecule has 1 aromatic rings. The van der Waals surface area contributed by atoms with Crippen LogP contribution in [0, 0.1) is 0 Å². The summed E-state index contributed by atoms with van der Waals surface area (Å²) in [7, 11) is 0. The van der Waals surface area contributed by atoms with Gasteiger partial charge >= 0.3 is 6.09 Å². The van der Waals surface area contributed by atoms with Crippen LogP contribution in [0.25, 0.3) is 0 Å². The molecule has 0 aliphatic rings. The molecule has 7 heteroatoms. The van der Waals surface area contributed by atoms with Gasteiger partial charge < -0.3 is 15.6 Å². The van der Waals surface area contributed by atoms with Crippen molar-refractivity contribution in [2.45, 2.75) is 45.3 Å². The fourth-order valence-electron chi connectivity index (χ4n) is 1.59. The number of rotatable bonds is 4. The first kappa shape index (κ1) is 17.2. The molecule has 0 aliphatic heterocycles. The lowest BCUT2D eigenvalue weighted by atomic mass is 10.1. The van der Waals surface area contributed by atoms with Crippen LogP contribution >= 0.6 is 0 Å². The number of aromatic hydroxyl groups is 1. The van der Waals surface area contributed by atoms with Gasteiger partial charge in [-0.25, -0.2) is 13.6 Å². The smallest absolute Gasteiger partial charge is 0.412 e. The van der Waals surface area contributed by atoms with E-state index in [1.165, 1.54) is 18.2 Å². The van der Waals surface area contributed by atoms with Crippen LogP contribution in [0.1, 0.15) is 26.3 Å². The number of anilines is 1. The van der Waals surface area contributed by atoms with E-state index >= 15 is 0 Å². The molecule has 0 saturated carbocycles. The first-order chi connectivity index (χ1) is 9.58. The van der Waals surface area contributed by atoms with Crippen molar-refractivity contribution in [2.75, 3.05) is 5.32 Å². The van der Waals surface area contributed by atoms with E-state index in [0.717, 1.165) is 0 Å². The number of phenolic OH excluding ortho intramolecular Hbond substituents is 1. The zero-order valence-electron chi connectivity index (χ0n) is 12.2. The van der Waals surface area contributed by atoms with Crippen molar-refractivity contribution in [3.05, 3.63) is 23.8 Å². The van der Waals surface area contributed by atoms with Crippen molar-refractivity contribution in [2.24, 2.45) is 5.73 Å². The van der Waals surface area contributed by atoms with Crippen LogP contribution in [0.2, 0.25) is 0 Å². The largest absolute Gasteiger partial charge is 0.506 e. The quantitative estimate of drug-likeness (QED) is 0.747. The Balaban J connectivity index is 2.80. The summed E-state index contributed by atoms with van der Waals surface area (Å²) >= 11 is 0. The average molecular weight is 302 g/mol. The molecule has 0 heterocycles. The van der Waals surface area contributed by atoms with Crippen LogP contribution in [0.4, 0.5) is 19.3 Å². The molecule has 0 aromatic heterocycles. The minimum absolute atomic E-state index is 0.0685. The van der Waals surface area contributed by atoms with Crippen LogP contribution in [0.3, 0.4) is 0 Å². The third-order valence-corrected chi connectivity index (χ3v) is 2.49. The van der Waals surface area contributed by atoms with Crippen LogP contribution in [0.5, 0.6) is 5.75 Å². The maximum absolute atomic E-state index is 12.4. The van der Waals surface area contributed by atoms with Crippen molar-refractivity contribution in [3.63, 3.8) is 0 Å². The number of alkyl halides is 2. The highest BCUT2D eigenvalue weighted by Crippen LogP contribution is 2.25. The Morgan fingerprint density at radius 3 is 2.57 bits per heavy atom. The number of carbonyl (C=O) groups excluding carboxylic acids is 1. The van der Waals surface area contributed by atoms with Crippen molar-refractivity contribution < 1.29 is 23.4 Å². The van der Waals surface area contributed by atoms with E-state index in [1.807, 2.05) is 0 Å². The molecule has 5 nitrogen and oxygen atoms in total. The van der Waals surface area contributed by atoms with Gasteiger partial charge in [-0.1, -0.05) is 6.07 Å². The number of benzene rings is 1. The number of hydrogen-bond acceptors (Lipinski definition) is 4. The molecular formula is C14H20F2N2O3. The number of nitrogens with two attached hydrogens (primary N) is 1. The fourth-order valence-corrected chi connectivity index (χ4v) is 1.59. The summed E-state index contributed by atoms with van der Waals surface area (Å²) in [6, 6.07) is 2.86. The second-order valence-electron chi connectivity index (χ2n) is 5.68. The van der Waals surface area contributed by atoms with Crippen molar-refractivity contribution >= 4 is 11.8 Å². The van der Waals surface area contributed by atoms with Gasteiger partial charge in [0.05, 0.1) is 11.7 Å². The maximum atomic E-state index is 12.4. The Bertz CT molecular complexity index is 501. The zero-order valence-corrected chi connectivity index (χ0v) is 12.2. The van der Waals surface area contributed by atoms with Gasteiger partial charge in [0.15, 0.2) is 0 Å². The van der Waals surface area contributed by atoms with E-state index in [4.69, 9.17) is 10.5 Å². The van der Waals surface area contributed by atoms with Gasteiger partial charge in [0.25, 0.3) is 6.43 Å². The lowest BCUT2D eigenvalue weighted by molar-refractivity contribution is 0.0635. The standard InChI is InChI=1S/C14H20F2N2O3/c1-14(2,3)21-13(20)18-10-7-8(4-5-11(10)19)6-9(17)12(15)16/h4-5,7,9,12,19H,6,17H2,1-3H3,(H,18,20). The first-order valence-corrected chi connectivity index (χ1v) is 6.44. The van der Waals surface area contributed by atoms with Gasteiger partial charge in [-0.15, -0.1) is 0 Å². The summed E-state index contributed by atoms with van der Waals surface area (Å²) in [5.74, 6) is -0.185. The number of ether oxygens (including phenoxy) is 1. The third kappa shape index (κ3) is 5.95. The van der Waals surface area contributed by atoms with Crippen LogP contribution in [-0.2, 0) is 11.2 Å². The highest BCUT2D eigenvalue weighted by atomic mass is 19.3. The van der Waals surface area contributed by atoms with E-state index in [0.29, 0.717) is 5.56 Å². The number of phenols is 1. The van der Waals surface area contributed by atoms with Gasteiger partial charge in [0.1, 0.15) is 11.4 Å². The maximum Gasteiger partial charge on any atom is 0.412 e. The van der Waals surface area contributed by atoms with Gasteiger partial charge in [-0.05, 0) is 44.9 Å². The van der Waals surface area contributed by atoms with Crippen LogP contribution in [0.15, 0.2) is 18.2 Å². The minimum Gasteiger partial charge on any atom is -0.506 e. The van der Waals surface area contributed by atoms with Crippen molar-refractivity contribution in [1.82, 2.24) is 0 Å². The lowest BCUT2D eigenvalue weighted by Crippen LogP contribution is -2.31. The molecule has 1 rings (SSSR count). The third-order valence-electron chi connectivity index (χ3n) is 2.49. The Kier molecular flexibility index (Phi) is 5.48. The highest BCUT2D eigenvalue weighted by molar-refractivity contribution is 5.87. The van der Waals surface area contributed by atoms with E-state index in [-0.39, 0.29) is 17.9 Å². The molecule has 118 valence electrons. The molecule has 4 N–H and O–H groups in total. The number of halogens is 2. The first-order valence-electron chi connectivity index (χ1n) is 6.44. The van der Waals surface area contributed by atoms with Gasteiger partial charge in [0.2, 0.25) is 0 Å². The van der Waals surface area contributed by atoms with Crippen molar-refractivity contribution in [3.8, 4) is 5.75 Å². The molecule has 0 spiro atoms. The summed E-state index contributed by atoms with van der Waals surface area (Å²) in [6.45, 7) is 5.10. The Hall–Kier alpha value is -1.89. The van der Waals surface area contributed by atoms with E-state index < -0.39 is 24.2 Å². The number of nitrogens with one attached hydrogen (secondary N) is 1. The number of amides is 1. The topological polar surface area (TPSA) is 84.6 Å². The van der Waals surface area contributed by atoms with Gasteiger partial charge in [0, 0.05) is 0 Å². The second-order valence-corrected chi connectivity index (χ2v) is 5.68. The Morgan fingerprint density at radius 1 is 1.43 bits per heavy atom. The van der Waals surface area contributed by atoms with E-state index in [2.05, 4.69) is 5.32 Å². The van der Waals surface area contributed by atoms with Gasteiger partial charge in [-0.2, -0.15) is 0 Å². The van der Waals surface area contributed by atoms with Crippen LogP contribution in [-0.4, -0.2) is 29.3 Å². The molecule has 0 saturated heterocycles. The van der Waals surface area contributed by atoms with Crippen LogP contribution < -0.4 is 11.1 Å². The van der Waals surface area contributed by atoms with Crippen molar-refractivity contribution in [1.29, 1.82) is 0 Å². The monoisotopic (exact) mass is 302 g/mol. The Labute approximate surface area is 122 Å². The SMILES string of the molecule is CC(C)(C)OC(=O)Nc1cc(CC(N)C(F)F)ccc1O. The normalized spacial score (nSPS) is 13.1. The Morgan fingerprint density at radius 2 is 2.05 bits per heavy atom. The highest BCUT2D eigenvalue weighted by Gasteiger charge is 2.19. The predicted molar refractivity (Wildman–Crippen MR) is 75.6 cm³/mol.